The van der Waals surface area contributed by atoms with Crippen LogP contribution in [0.15, 0.2) is 47.6 Å². The average Bonchev–Trinajstić information content (AvgIpc) is 2.47. The molecule has 0 atom stereocenters. The SMILES string of the molecule is CCNS(=O)(=O)c1ccc(NCc2ccncc2C)cc1. The van der Waals surface area contributed by atoms with Gasteiger partial charge in [0.05, 0.1) is 4.90 Å². The number of nitrogens with one attached hydrogen (secondary N) is 2. The summed E-state index contributed by atoms with van der Waals surface area (Å²) in [6.07, 6.45) is 3.58. The topological polar surface area (TPSA) is 71.1 Å². The zero-order valence-electron chi connectivity index (χ0n) is 12.1. The third-order valence-electron chi connectivity index (χ3n) is 3.12. The molecule has 1 aromatic carbocycles. The first kappa shape index (κ1) is 15.5. The van der Waals surface area contributed by atoms with Gasteiger partial charge in [-0.3, -0.25) is 4.98 Å². The van der Waals surface area contributed by atoms with Crippen molar-refractivity contribution in [2.75, 3.05) is 11.9 Å². The van der Waals surface area contributed by atoms with E-state index in [1.165, 1.54) is 0 Å². The van der Waals surface area contributed by atoms with Crippen molar-refractivity contribution < 1.29 is 8.42 Å². The summed E-state index contributed by atoms with van der Waals surface area (Å²) >= 11 is 0. The van der Waals surface area contributed by atoms with Crippen molar-refractivity contribution in [2.24, 2.45) is 0 Å². The van der Waals surface area contributed by atoms with Crippen LogP contribution in [0, 0.1) is 6.92 Å². The Labute approximate surface area is 125 Å². The molecule has 0 radical (unpaired) electrons. The fourth-order valence-corrected chi connectivity index (χ4v) is 2.96. The molecule has 0 aliphatic rings. The van der Waals surface area contributed by atoms with Crippen molar-refractivity contribution in [1.29, 1.82) is 0 Å². The fraction of sp³-hybridized carbons (Fsp3) is 0.267. The highest BCUT2D eigenvalue weighted by molar-refractivity contribution is 7.89. The van der Waals surface area contributed by atoms with Crippen LogP contribution in [0.1, 0.15) is 18.1 Å². The Morgan fingerprint density at radius 2 is 1.86 bits per heavy atom. The van der Waals surface area contributed by atoms with Crippen LogP contribution in [0.3, 0.4) is 0 Å². The van der Waals surface area contributed by atoms with E-state index in [4.69, 9.17) is 0 Å². The van der Waals surface area contributed by atoms with E-state index in [9.17, 15) is 8.42 Å². The van der Waals surface area contributed by atoms with E-state index in [1.807, 2.05) is 19.2 Å². The molecule has 0 fully saturated rings. The second-order valence-corrected chi connectivity index (χ2v) is 6.45. The van der Waals surface area contributed by atoms with Crippen LogP contribution in [0.5, 0.6) is 0 Å². The predicted molar refractivity (Wildman–Crippen MR) is 83.6 cm³/mol. The van der Waals surface area contributed by atoms with E-state index in [0.717, 1.165) is 16.8 Å². The molecule has 0 saturated heterocycles. The standard InChI is InChI=1S/C15H19N3O2S/c1-3-18-21(19,20)15-6-4-14(5-7-15)17-11-13-8-9-16-10-12(13)2/h4-10,17-18H,3,11H2,1-2H3. The molecule has 0 unspecified atom stereocenters. The predicted octanol–water partition coefficient (Wildman–Crippen LogP) is 2.30. The first-order chi connectivity index (χ1) is 10.0. The third-order valence-corrected chi connectivity index (χ3v) is 4.68. The highest BCUT2D eigenvalue weighted by atomic mass is 32.2. The summed E-state index contributed by atoms with van der Waals surface area (Å²) in [7, 11) is -3.39. The summed E-state index contributed by atoms with van der Waals surface area (Å²) < 4.78 is 26.1. The molecule has 21 heavy (non-hydrogen) atoms. The molecule has 0 bridgehead atoms. The Balaban J connectivity index is 2.05. The van der Waals surface area contributed by atoms with Gasteiger partial charge in [-0.25, -0.2) is 13.1 Å². The van der Waals surface area contributed by atoms with Gasteiger partial charge in [-0.1, -0.05) is 6.92 Å². The smallest absolute Gasteiger partial charge is 0.240 e. The number of benzene rings is 1. The monoisotopic (exact) mass is 305 g/mol. The van der Waals surface area contributed by atoms with Crippen LogP contribution in [0.4, 0.5) is 5.69 Å². The number of hydrogen-bond donors (Lipinski definition) is 2. The van der Waals surface area contributed by atoms with Gasteiger partial charge in [0.2, 0.25) is 10.0 Å². The number of rotatable bonds is 6. The summed E-state index contributed by atoms with van der Waals surface area (Å²) in [6.45, 7) is 4.82. The summed E-state index contributed by atoms with van der Waals surface area (Å²) in [5.74, 6) is 0. The van der Waals surface area contributed by atoms with Gasteiger partial charge < -0.3 is 5.32 Å². The Bertz CT molecular complexity index is 697. The van der Waals surface area contributed by atoms with E-state index in [-0.39, 0.29) is 4.90 Å². The lowest BCUT2D eigenvalue weighted by Gasteiger charge is -2.10. The van der Waals surface area contributed by atoms with Crippen LogP contribution in [-0.4, -0.2) is 19.9 Å². The van der Waals surface area contributed by atoms with Crippen molar-refractivity contribution >= 4 is 15.7 Å². The normalized spacial score (nSPS) is 11.3. The molecule has 1 aromatic heterocycles. The first-order valence-electron chi connectivity index (χ1n) is 6.76. The molecule has 2 aromatic rings. The highest BCUT2D eigenvalue weighted by Crippen LogP contribution is 2.15. The molecule has 112 valence electrons. The minimum absolute atomic E-state index is 0.273. The van der Waals surface area contributed by atoms with E-state index in [1.54, 1.807) is 37.4 Å². The minimum atomic E-state index is -3.39. The maximum absolute atomic E-state index is 11.8. The summed E-state index contributed by atoms with van der Waals surface area (Å²) in [6, 6.07) is 8.69. The molecule has 6 heteroatoms. The Kier molecular flexibility index (Phi) is 4.93. The molecule has 0 aliphatic carbocycles. The van der Waals surface area contributed by atoms with Gasteiger partial charge in [-0.2, -0.15) is 0 Å². The van der Waals surface area contributed by atoms with Crippen molar-refractivity contribution in [3.05, 3.63) is 53.9 Å². The fourth-order valence-electron chi connectivity index (χ4n) is 1.92. The molecular weight excluding hydrogens is 286 g/mol. The van der Waals surface area contributed by atoms with E-state index in [2.05, 4.69) is 15.0 Å². The summed E-state index contributed by atoms with van der Waals surface area (Å²) in [5.41, 5.74) is 3.16. The van der Waals surface area contributed by atoms with Crippen molar-refractivity contribution in [2.45, 2.75) is 25.3 Å². The molecule has 5 nitrogen and oxygen atoms in total. The van der Waals surface area contributed by atoms with Gasteiger partial charge in [-0.15, -0.1) is 0 Å². The number of pyridine rings is 1. The molecule has 0 saturated carbocycles. The average molecular weight is 305 g/mol. The van der Waals surface area contributed by atoms with E-state index < -0.39 is 10.0 Å². The zero-order chi connectivity index (χ0) is 15.3. The van der Waals surface area contributed by atoms with Crippen molar-refractivity contribution in [1.82, 2.24) is 9.71 Å². The molecule has 0 amide bonds. The first-order valence-corrected chi connectivity index (χ1v) is 8.24. The molecule has 0 spiro atoms. The van der Waals surface area contributed by atoms with Gasteiger partial charge in [0.25, 0.3) is 0 Å². The number of aryl methyl sites for hydroxylation is 1. The van der Waals surface area contributed by atoms with Crippen LogP contribution in [0.2, 0.25) is 0 Å². The number of hydrogen-bond acceptors (Lipinski definition) is 4. The van der Waals surface area contributed by atoms with E-state index >= 15 is 0 Å². The Hall–Kier alpha value is -1.92. The Morgan fingerprint density at radius 3 is 2.48 bits per heavy atom. The zero-order valence-corrected chi connectivity index (χ0v) is 12.9. The van der Waals surface area contributed by atoms with Crippen LogP contribution in [0.25, 0.3) is 0 Å². The Morgan fingerprint density at radius 1 is 1.14 bits per heavy atom. The van der Waals surface area contributed by atoms with Crippen LogP contribution >= 0.6 is 0 Å². The van der Waals surface area contributed by atoms with Gasteiger partial charge in [-0.05, 0) is 48.4 Å². The van der Waals surface area contributed by atoms with Crippen molar-refractivity contribution in [3.63, 3.8) is 0 Å². The summed E-state index contributed by atoms with van der Waals surface area (Å²) in [4.78, 5) is 4.33. The molecule has 1 heterocycles. The second kappa shape index (κ2) is 6.69. The maximum atomic E-state index is 11.8. The van der Waals surface area contributed by atoms with Crippen LogP contribution in [-0.2, 0) is 16.6 Å². The summed E-state index contributed by atoms with van der Waals surface area (Å²) in [5, 5.41) is 3.27. The van der Waals surface area contributed by atoms with Gasteiger partial charge >= 0.3 is 0 Å². The lowest BCUT2D eigenvalue weighted by molar-refractivity contribution is 0.584. The number of sulfonamides is 1. The minimum Gasteiger partial charge on any atom is -0.381 e. The lowest BCUT2D eigenvalue weighted by Crippen LogP contribution is -2.23. The van der Waals surface area contributed by atoms with E-state index in [0.29, 0.717) is 13.1 Å². The quantitative estimate of drug-likeness (QED) is 0.859. The highest BCUT2D eigenvalue weighted by Gasteiger charge is 2.11. The molecule has 2 N–H and O–H groups in total. The third kappa shape index (κ3) is 4.03. The van der Waals surface area contributed by atoms with Gasteiger partial charge in [0.15, 0.2) is 0 Å². The van der Waals surface area contributed by atoms with Crippen molar-refractivity contribution in [3.8, 4) is 0 Å². The van der Waals surface area contributed by atoms with Gasteiger partial charge in [0, 0.05) is 31.2 Å². The number of nitrogens with zero attached hydrogens (tertiary/aromatic N) is 1. The van der Waals surface area contributed by atoms with Crippen LogP contribution < -0.4 is 10.0 Å². The number of anilines is 1. The number of aromatic nitrogens is 1. The van der Waals surface area contributed by atoms with Gasteiger partial charge in [0.1, 0.15) is 0 Å². The lowest BCUT2D eigenvalue weighted by atomic mass is 10.1. The second-order valence-electron chi connectivity index (χ2n) is 4.68. The maximum Gasteiger partial charge on any atom is 0.240 e. The molecular formula is C15H19N3O2S. The molecule has 0 aliphatic heterocycles. The largest absolute Gasteiger partial charge is 0.381 e. The molecule has 2 rings (SSSR count).